The van der Waals surface area contributed by atoms with Gasteiger partial charge in [0.25, 0.3) is 0 Å². The molecule has 0 aliphatic heterocycles. The Kier molecular flexibility index (Phi) is 4.44. The van der Waals surface area contributed by atoms with Gasteiger partial charge in [-0.2, -0.15) is 0 Å². The summed E-state index contributed by atoms with van der Waals surface area (Å²) in [6.45, 7) is 0. The SMILES string of the molecule is O=C(Cc1cc(Br)ccc1F)Nc1c(F)cccc1F. The number of anilines is 1. The summed E-state index contributed by atoms with van der Waals surface area (Å²) in [5.74, 6) is -3.02. The minimum absolute atomic E-state index is 0.133. The highest BCUT2D eigenvalue weighted by Crippen LogP contribution is 2.20. The third-order valence-corrected chi connectivity index (χ3v) is 3.08. The van der Waals surface area contributed by atoms with Crippen LogP contribution in [0, 0.1) is 17.5 Å². The number of hydrogen-bond acceptors (Lipinski definition) is 1. The molecule has 2 aromatic carbocycles. The van der Waals surface area contributed by atoms with Gasteiger partial charge in [-0.25, -0.2) is 13.2 Å². The van der Waals surface area contributed by atoms with Gasteiger partial charge >= 0.3 is 0 Å². The zero-order valence-electron chi connectivity index (χ0n) is 10.1. The lowest BCUT2D eigenvalue weighted by Gasteiger charge is -2.08. The van der Waals surface area contributed by atoms with Crippen molar-refractivity contribution in [3.05, 3.63) is 63.9 Å². The molecule has 0 atom stereocenters. The molecule has 20 heavy (non-hydrogen) atoms. The summed E-state index contributed by atoms with van der Waals surface area (Å²) in [6, 6.07) is 7.38. The standard InChI is InChI=1S/C14H9BrF3NO/c15-9-4-5-10(16)8(6-9)7-13(20)19-14-11(17)2-1-3-12(14)18/h1-6H,7H2,(H,19,20). The zero-order chi connectivity index (χ0) is 14.7. The van der Waals surface area contributed by atoms with E-state index in [1.165, 1.54) is 24.3 Å². The number of carbonyl (C=O) groups excluding carboxylic acids is 1. The molecule has 0 aromatic heterocycles. The Morgan fingerprint density at radius 3 is 2.35 bits per heavy atom. The van der Waals surface area contributed by atoms with Crippen molar-refractivity contribution < 1.29 is 18.0 Å². The van der Waals surface area contributed by atoms with Crippen LogP contribution in [0.15, 0.2) is 40.9 Å². The molecule has 0 saturated carbocycles. The molecule has 0 aliphatic carbocycles. The summed E-state index contributed by atoms with van der Waals surface area (Å²) in [7, 11) is 0. The fraction of sp³-hybridized carbons (Fsp3) is 0.0714. The Balaban J connectivity index is 2.15. The van der Waals surface area contributed by atoms with Crippen molar-refractivity contribution >= 4 is 27.5 Å². The fourth-order valence-electron chi connectivity index (χ4n) is 1.65. The summed E-state index contributed by atoms with van der Waals surface area (Å²) in [4.78, 5) is 11.7. The van der Waals surface area contributed by atoms with Crippen LogP contribution in [0.1, 0.15) is 5.56 Å². The molecule has 0 heterocycles. The lowest BCUT2D eigenvalue weighted by atomic mass is 10.1. The molecular weight excluding hydrogens is 335 g/mol. The Bertz CT molecular complexity index is 641. The highest BCUT2D eigenvalue weighted by atomic mass is 79.9. The van der Waals surface area contributed by atoms with Crippen LogP contribution in [0.5, 0.6) is 0 Å². The third kappa shape index (κ3) is 3.39. The van der Waals surface area contributed by atoms with Crippen molar-refractivity contribution in [2.45, 2.75) is 6.42 Å². The number of rotatable bonds is 3. The smallest absolute Gasteiger partial charge is 0.229 e. The molecule has 2 aromatic rings. The van der Waals surface area contributed by atoms with Gasteiger partial charge in [0.15, 0.2) is 0 Å². The molecule has 104 valence electrons. The van der Waals surface area contributed by atoms with Crippen LogP contribution in [0.4, 0.5) is 18.9 Å². The van der Waals surface area contributed by atoms with Gasteiger partial charge in [0, 0.05) is 4.47 Å². The summed E-state index contributed by atoms with van der Waals surface area (Å²) in [5, 5.41) is 2.10. The second kappa shape index (κ2) is 6.09. The number of benzene rings is 2. The van der Waals surface area contributed by atoms with E-state index in [0.29, 0.717) is 4.47 Å². The van der Waals surface area contributed by atoms with Gasteiger partial charge in [-0.3, -0.25) is 4.79 Å². The molecule has 2 nitrogen and oxygen atoms in total. The second-order valence-electron chi connectivity index (χ2n) is 4.06. The molecule has 0 fully saturated rings. The average molecular weight is 344 g/mol. The monoisotopic (exact) mass is 343 g/mol. The van der Waals surface area contributed by atoms with E-state index >= 15 is 0 Å². The quantitative estimate of drug-likeness (QED) is 0.894. The largest absolute Gasteiger partial charge is 0.321 e. The van der Waals surface area contributed by atoms with Crippen LogP contribution in [-0.2, 0) is 11.2 Å². The average Bonchev–Trinajstić information content (AvgIpc) is 2.38. The van der Waals surface area contributed by atoms with E-state index in [0.717, 1.165) is 12.1 Å². The van der Waals surface area contributed by atoms with Crippen molar-refractivity contribution in [2.24, 2.45) is 0 Å². The van der Waals surface area contributed by atoms with Crippen LogP contribution in [0.25, 0.3) is 0 Å². The number of nitrogens with one attached hydrogen (secondary N) is 1. The zero-order valence-corrected chi connectivity index (χ0v) is 11.7. The van der Waals surface area contributed by atoms with E-state index < -0.39 is 29.0 Å². The second-order valence-corrected chi connectivity index (χ2v) is 4.97. The molecule has 1 amide bonds. The van der Waals surface area contributed by atoms with Gasteiger partial charge in [0.2, 0.25) is 5.91 Å². The minimum atomic E-state index is -0.881. The number of carbonyl (C=O) groups is 1. The fourth-order valence-corrected chi connectivity index (χ4v) is 2.06. The topological polar surface area (TPSA) is 29.1 Å². The van der Waals surface area contributed by atoms with E-state index in [2.05, 4.69) is 21.2 Å². The Morgan fingerprint density at radius 2 is 1.70 bits per heavy atom. The van der Waals surface area contributed by atoms with Gasteiger partial charge in [-0.15, -0.1) is 0 Å². The molecule has 0 radical (unpaired) electrons. The molecule has 0 bridgehead atoms. The summed E-state index contributed by atoms with van der Waals surface area (Å²) < 4.78 is 40.8. The highest BCUT2D eigenvalue weighted by Gasteiger charge is 2.14. The van der Waals surface area contributed by atoms with Crippen LogP contribution < -0.4 is 5.32 Å². The molecule has 2 rings (SSSR count). The predicted octanol–water partition coefficient (Wildman–Crippen LogP) is 4.05. The van der Waals surface area contributed by atoms with E-state index in [1.54, 1.807) is 0 Å². The summed E-state index contributed by atoms with van der Waals surface area (Å²) >= 11 is 3.16. The molecule has 0 aliphatic rings. The number of halogens is 4. The van der Waals surface area contributed by atoms with Gasteiger partial charge < -0.3 is 5.32 Å². The first kappa shape index (κ1) is 14.6. The van der Waals surface area contributed by atoms with E-state index in [-0.39, 0.29) is 12.0 Å². The van der Waals surface area contributed by atoms with Crippen molar-refractivity contribution in [2.75, 3.05) is 5.32 Å². The first-order chi connectivity index (χ1) is 9.47. The van der Waals surface area contributed by atoms with Crippen molar-refractivity contribution in [1.82, 2.24) is 0 Å². The molecule has 0 unspecified atom stereocenters. The minimum Gasteiger partial charge on any atom is -0.321 e. The van der Waals surface area contributed by atoms with Gasteiger partial charge in [0.1, 0.15) is 23.1 Å². The van der Waals surface area contributed by atoms with Gasteiger partial charge in [0.05, 0.1) is 6.42 Å². The van der Waals surface area contributed by atoms with E-state index in [1.807, 2.05) is 0 Å². The number of amides is 1. The molecular formula is C14H9BrF3NO. The predicted molar refractivity (Wildman–Crippen MR) is 72.8 cm³/mol. The van der Waals surface area contributed by atoms with Crippen LogP contribution in [0.3, 0.4) is 0 Å². The normalized spacial score (nSPS) is 10.4. The molecule has 0 saturated heterocycles. The maximum absolute atomic E-state index is 13.5. The van der Waals surface area contributed by atoms with Crippen molar-refractivity contribution in [1.29, 1.82) is 0 Å². The van der Waals surface area contributed by atoms with Crippen LogP contribution >= 0.6 is 15.9 Å². The molecule has 1 N–H and O–H groups in total. The summed E-state index contributed by atoms with van der Waals surface area (Å²) in [5.41, 5.74) is -0.401. The van der Waals surface area contributed by atoms with Gasteiger partial charge in [-0.05, 0) is 35.9 Å². The van der Waals surface area contributed by atoms with Gasteiger partial charge in [-0.1, -0.05) is 22.0 Å². The number of para-hydroxylation sites is 1. The Hall–Kier alpha value is -1.82. The first-order valence-corrected chi connectivity index (χ1v) is 6.44. The van der Waals surface area contributed by atoms with Crippen LogP contribution in [-0.4, -0.2) is 5.91 Å². The maximum atomic E-state index is 13.5. The highest BCUT2D eigenvalue weighted by molar-refractivity contribution is 9.10. The molecule has 0 spiro atoms. The summed E-state index contributed by atoms with van der Waals surface area (Å²) in [6.07, 6.45) is -0.320. The number of hydrogen-bond donors (Lipinski definition) is 1. The third-order valence-electron chi connectivity index (χ3n) is 2.59. The first-order valence-electron chi connectivity index (χ1n) is 5.65. The molecule has 6 heteroatoms. The lowest BCUT2D eigenvalue weighted by molar-refractivity contribution is -0.115. The Morgan fingerprint density at radius 1 is 1.05 bits per heavy atom. The van der Waals surface area contributed by atoms with E-state index in [4.69, 9.17) is 0 Å². The lowest BCUT2D eigenvalue weighted by Crippen LogP contribution is -2.17. The maximum Gasteiger partial charge on any atom is 0.229 e. The van der Waals surface area contributed by atoms with Crippen LogP contribution in [0.2, 0.25) is 0 Å². The van der Waals surface area contributed by atoms with E-state index in [9.17, 15) is 18.0 Å². The van der Waals surface area contributed by atoms with Crippen molar-refractivity contribution in [3.63, 3.8) is 0 Å². The Labute approximate surface area is 121 Å². The van der Waals surface area contributed by atoms with Crippen molar-refractivity contribution in [3.8, 4) is 0 Å².